The van der Waals surface area contributed by atoms with Crippen LogP contribution < -0.4 is 0 Å². The first kappa shape index (κ1) is 12.2. The van der Waals surface area contributed by atoms with Gasteiger partial charge in [-0.15, -0.1) is 0 Å². The molecule has 3 nitrogen and oxygen atoms in total. The predicted molar refractivity (Wildman–Crippen MR) is 72.0 cm³/mol. The molecule has 100 valence electrons. The van der Waals surface area contributed by atoms with Crippen LogP contribution in [0.3, 0.4) is 0 Å². The van der Waals surface area contributed by atoms with Crippen LogP contribution in [-0.4, -0.2) is 22.8 Å². The summed E-state index contributed by atoms with van der Waals surface area (Å²) in [7, 11) is 0. The van der Waals surface area contributed by atoms with Crippen molar-refractivity contribution in [3.63, 3.8) is 0 Å². The Bertz CT molecular complexity index is 420. The van der Waals surface area contributed by atoms with Gasteiger partial charge in [0, 0.05) is 30.2 Å². The minimum Gasteiger partial charge on any atom is -0.381 e. The maximum Gasteiger partial charge on any atom is 0.114 e. The van der Waals surface area contributed by atoms with Crippen molar-refractivity contribution in [1.82, 2.24) is 9.55 Å². The van der Waals surface area contributed by atoms with Gasteiger partial charge >= 0.3 is 0 Å². The van der Waals surface area contributed by atoms with Crippen LogP contribution in [-0.2, 0) is 10.2 Å². The Kier molecular flexibility index (Phi) is 2.97. The van der Waals surface area contributed by atoms with Gasteiger partial charge in [-0.3, -0.25) is 0 Å². The number of aromatic nitrogens is 2. The van der Waals surface area contributed by atoms with Crippen LogP contribution in [0.5, 0.6) is 0 Å². The van der Waals surface area contributed by atoms with E-state index in [0.717, 1.165) is 19.6 Å². The Morgan fingerprint density at radius 2 is 2.06 bits per heavy atom. The van der Waals surface area contributed by atoms with Crippen molar-refractivity contribution in [2.75, 3.05) is 13.2 Å². The highest BCUT2D eigenvalue weighted by atomic mass is 16.5. The molecule has 0 aromatic carbocycles. The second-order valence-corrected chi connectivity index (χ2v) is 6.79. The average Bonchev–Trinajstić information content (AvgIpc) is 2.79. The maximum atomic E-state index is 5.54. The molecule has 0 spiro atoms. The van der Waals surface area contributed by atoms with Gasteiger partial charge < -0.3 is 9.30 Å². The van der Waals surface area contributed by atoms with Crippen LogP contribution in [0, 0.1) is 0 Å². The van der Waals surface area contributed by atoms with Crippen molar-refractivity contribution in [2.45, 2.75) is 63.8 Å². The molecule has 2 aliphatic rings. The summed E-state index contributed by atoms with van der Waals surface area (Å²) in [6.45, 7) is 8.49. The average molecular weight is 248 g/mol. The molecule has 0 amide bonds. The van der Waals surface area contributed by atoms with Gasteiger partial charge in [0.05, 0.1) is 12.3 Å². The molecule has 1 saturated carbocycles. The summed E-state index contributed by atoms with van der Waals surface area (Å²) in [4.78, 5) is 4.95. The first-order chi connectivity index (χ1) is 8.55. The predicted octanol–water partition coefficient (Wildman–Crippen LogP) is 3.41. The lowest BCUT2D eigenvalue weighted by Gasteiger charge is -2.29. The second-order valence-electron chi connectivity index (χ2n) is 6.79. The molecule has 0 radical (unpaired) electrons. The Labute approximate surface area is 110 Å². The zero-order valence-electron chi connectivity index (χ0n) is 11.8. The van der Waals surface area contributed by atoms with Gasteiger partial charge in [0.25, 0.3) is 0 Å². The van der Waals surface area contributed by atoms with Crippen LogP contribution in [0.2, 0.25) is 0 Å². The van der Waals surface area contributed by atoms with E-state index < -0.39 is 0 Å². The molecule has 1 aliphatic heterocycles. The van der Waals surface area contributed by atoms with Gasteiger partial charge in [0.15, 0.2) is 0 Å². The molecule has 3 rings (SSSR count). The third kappa shape index (κ3) is 2.09. The first-order valence-electron chi connectivity index (χ1n) is 7.22. The van der Waals surface area contributed by atoms with E-state index >= 15 is 0 Å². The standard InChI is InChI=1S/C15H24N2O/c1-15(2,3)13-9-17(12-5-4-6-12)14(16-13)11-7-8-18-10-11/h9,11-12H,4-8,10H2,1-3H3. The van der Waals surface area contributed by atoms with Crippen molar-refractivity contribution in [1.29, 1.82) is 0 Å². The molecule has 1 atom stereocenters. The normalized spacial score (nSPS) is 25.4. The number of hydrogen-bond donors (Lipinski definition) is 0. The topological polar surface area (TPSA) is 27.1 Å². The van der Waals surface area contributed by atoms with Gasteiger partial charge in [-0.25, -0.2) is 4.98 Å². The van der Waals surface area contributed by atoms with E-state index in [0.29, 0.717) is 12.0 Å². The van der Waals surface area contributed by atoms with Crippen LogP contribution in [0.4, 0.5) is 0 Å². The second kappa shape index (κ2) is 4.37. The zero-order valence-corrected chi connectivity index (χ0v) is 11.8. The van der Waals surface area contributed by atoms with Gasteiger partial charge in [0.1, 0.15) is 5.82 Å². The number of ether oxygens (including phenoxy) is 1. The quantitative estimate of drug-likeness (QED) is 0.802. The molecular formula is C15H24N2O. The highest BCUT2D eigenvalue weighted by Crippen LogP contribution is 2.37. The largest absolute Gasteiger partial charge is 0.381 e. The number of nitrogens with zero attached hydrogens (tertiary/aromatic N) is 2. The Morgan fingerprint density at radius 3 is 2.56 bits per heavy atom. The fourth-order valence-corrected chi connectivity index (χ4v) is 2.77. The summed E-state index contributed by atoms with van der Waals surface area (Å²) in [6, 6.07) is 0.698. The summed E-state index contributed by atoms with van der Waals surface area (Å²) in [6.07, 6.45) is 7.44. The molecule has 2 heterocycles. The van der Waals surface area contributed by atoms with Gasteiger partial charge in [0.2, 0.25) is 0 Å². The smallest absolute Gasteiger partial charge is 0.114 e. The third-order valence-electron chi connectivity index (χ3n) is 4.29. The Hall–Kier alpha value is -0.830. The molecule has 0 N–H and O–H groups in total. The van der Waals surface area contributed by atoms with E-state index in [1.807, 2.05) is 0 Å². The van der Waals surface area contributed by atoms with Gasteiger partial charge in [-0.1, -0.05) is 20.8 Å². The SMILES string of the molecule is CC(C)(C)c1cn(C2CCC2)c(C2CCOC2)n1. The summed E-state index contributed by atoms with van der Waals surface area (Å²) < 4.78 is 8.00. The van der Waals surface area contributed by atoms with Crippen LogP contribution in [0.25, 0.3) is 0 Å². The summed E-state index contributed by atoms with van der Waals surface area (Å²) >= 11 is 0. The lowest BCUT2D eigenvalue weighted by atomic mass is 9.91. The highest BCUT2D eigenvalue weighted by molar-refractivity contribution is 5.17. The molecule has 1 aromatic heterocycles. The Balaban J connectivity index is 1.95. The van der Waals surface area contributed by atoms with Gasteiger partial charge in [-0.05, 0) is 25.7 Å². The zero-order chi connectivity index (χ0) is 12.8. The summed E-state index contributed by atoms with van der Waals surface area (Å²) in [5.41, 5.74) is 1.37. The molecule has 2 fully saturated rings. The molecule has 3 heteroatoms. The van der Waals surface area contributed by atoms with Crippen LogP contribution in [0.1, 0.15) is 69.9 Å². The lowest BCUT2D eigenvalue weighted by molar-refractivity contribution is 0.191. The monoisotopic (exact) mass is 248 g/mol. The van der Waals surface area contributed by atoms with E-state index in [1.165, 1.54) is 30.8 Å². The molecule has 1 aromatic rings. The number of imidazole rings is 1. The van der Waals surface area contributed by atoms with Crippen LogP contribution in [0.15, 0.2) is 6.20 Å². The van der Waals surface area contributed by atoms with Crippen molar-refractivity contribution < 1.29 is 4.74 Å². The molecular weight excluding hydrogens is 224 g/mol. The third-order valence-corrected chi connectivity index (χ3v) is 4.29. The van der Waals surface area contributed by atoms with E-state index in [2.05, 4.69) is 31.5 Å². The van der Waals surface area contributed by atoms with Crippen LogP contribution >= 0.6 is 0 Å². The lowest BCUT2D eigenvalue weighted by Crippen LogP contribution is -2.20. The van der Waals surface area contributed by atoms with E-state index in [4.69, 9.17) is 9.72 Å². The van der Waals surface area contributed by atoms with Gasteiger partial charge in [-0.2, -0.15) is 0 Å². The molecule has 1 saturated heterocycles. The molecule has 1 aliphatic carbocycles. The maximum absolute atomic E-state index is 5.54. The van der Waals surface area contributed by atoms with E-state index in [9.17, 15) is 0 Å². The van der Waals surface area contributed by atoms with E-state index in [-0.39, 0.29) is 5.41 Å². The summed E-state index contributed by atoms with van der Waals surface area (Å²) in [5, 5.41) is 0. The highest BCUT2D eigenvalue weighted by Gasteiger charge is 2.31. The van der Waals surface area contributed by atoms with Crippen molar-refractivity contribution >= 4 is 0 Å². The minimum atomic E-state index is 0.142. The molecule has 0 bridgehead atoms. The van der Waals surface area contributed by atoms with E-state index in [1.54, 1.807) is 0 Å². The number of rotatable bonds is 2. The molecule has 18 heavy (non-hydrogen) atoms. The Morgan fingerprint density at radius 1 is 1.28 bits per heavy atom. The molecule has 1 unspecified atom stereocenters. The fourth-order valence-electron chi connectivity index (χ4n) is 2.77. The van der Waals surface area contributed by atoms with Crippen molar-refractivity contribution in [3.05, 3.63) is 17.7 Å². The number of hydrogen-bond acceptors (Lipinski definition) is 2. The van der Waals surface area contributed by atoms with Crippen molar-refractivity contribution in [3.8, 4) is 0 Å². The first-order valence-corrected chi connectivity index (χ1v) is 7.22. The summed E-state index contributed by atoms with van der Waals surface area (Å²) in [5.74, 6) is 1.80. The van der Waals surface area contributed by atoms with Crippen molar-refractivity contribution in [2.24, 2.45) is 0 Å². The minimum absolute atomic E-state index is 0.142. The fraction of sp³-hybridized carbons (Fsp3) is 0.800.